The van der Waals surface area contributed by atoms with Crippen LogP contribution in [0.5, 0.6) is 0 Å². The van der Waals surface area contributed by atoms with Crippen LogP contribution in [0.4, 0.5) is 0 Å². The van der Waals surface area contributed by atoms with Crippen LogP contribution in [0.1, 0.15) is 62.1 Å². The van der Waals surface area contributed by atoms with Crippen molar-refractivity contribution in [1.29, 1.82) is 0 Å². The lowest BCUT2D eigenvalue weighted by atomic mass is 9.83. The zero-order valence-corrected chi connectivity index (χ0v) is 12.6. The van der Waals surface area contributed by atoms with Gasteiger partial charge in [-0.3, -0.25) is 0 Å². The van der Waals surface area contributed by atoms with Crippen LogP contribution in [-0.2, 0) is 0 Å². The first-order valence-electron chi connectivity index (χ1n) is 7.61. The van der Waals surface area contributed by atoms with Crippen molar-refractivity contribution in [2.45, 2.75) is 57.0 Å². The van der Waals surface area contributed by atoms with Crippen molar-refractivity contribution in [2.75, 3.05) is 14.1 Å². The molecule has 1 aliphatic rings. The van der Waals surface area contributed by atoms with Crippen molar-refractivity contribution in [3.8, 4) is 0 Å². The number of likely N-dealkylation sites (N-methyl/N-ethyl adjacent to an activating group) is 1. The molecule has 1 saturated carbocycles. The normalized spacial score (nSPS) is 20.5. The lowest BCUT2D eigenvalue weighted by molar-refractivity contribution is 0.266. The Kier molecular flexibility index (Phi) is 5.00. The van der Waals surface area contributed by atoms with Crippen molar-refractivity contribution in [3.63, 3.8) is 0 Å². The molecule has 0 aromatic heterocycles. The lowest BCUT2D eigenvalue weighted by Gasteiger charge is -2.29. The molecule has 2 nitrogen and oxygen atoms in total. The summed E-state index contributed by atoms with van der Waals surface area (Å²) in [5.74, 6) is 0.788. The van der Waals surface area contributed by atoms with E-state index in [0.29, 0.717) is 6.04 Å². The van der Waals surface area contributed by atoms with Crippen molar-refractivity contribution in [3.05, 3.63) is 35.4 Å². The van der Waals surface area contributed by atoms with Crippen LogP contribution in [0.3, 0.4) is 0 Å². The Morgan fingerprint density at radius 1 is 1.05 bits per heavy atom. The Balaban J connectivity index is 2.12. The molecule has 0 aliphatic heterocycles. The van der Waals surface area contributed by atoms with E-state index in [0.717, 1.165) is 5.92 Å². The molecule has 0 spiro atoms. The SMILES string of the molecule is CC(N)C(c1ccc(C2CCCCC2)cc1)N(C)C. The zero-order chi connectivity index (χ0) is 13.8. The molecule has 106 valence electrons. The molecular formula is C17H28N2. The second-order valence-corrected chi connectivity index (χ2v) is 6.27. The van der Waals surface area contributed by atoms with Gasteiger partial charge in [-0.25, -0.2) is 0 Å². The summed E-state index contributed by atoms with van der Waals surface area (Å²) in [6.45, 7) is 2.08. The molecule has 0 saturated heterocycles. The van der Waals surface area contributed by atoms with Gasteiger partial charge in [0.25, 0.3) is 0 Å². The van der Waals surface area contributed by atoms with Gasteiger partial charge in [0.1, 0.15) is 0 Å². The predicted molar refractivity (Wildman–Crippen MR) is 82.3 cm³/mol. The maximum Gasteiger partial charge on any atom is 0.0491 e. The van der Waals surface area contributed by atoms with Crippen LogP contribution in [0, 0.1) is 0 Å². The first-order valence-corrected chi connectivity index (χ1v) is 7.61. The summed E-state index contributed by atoms with van der Waals surface area (Å²) in [4.78, 5) is 2.21. The third kappa shape index (κ3) is 3.58. The molecule has 2 unspecified atom stereocenters. The van der Waals surface area contributed by atoms with Crippen molar-refractivity contribution >= 4 is 0 Å². The first kappa shape index (κ1) is 14.5. The second kappa shape index (κ2) is 6.53. The molecule has 1 aromatic rings. The fraction of sp³-hybridized carbons (Fsp3) is 0.647. The molecular weight excluding hydrogens is 232 g/mol. The fourth-order valence-electron chi connectivity index (χ4n) is 3.47. The summed E-state index contributed by atoms with van der Waals surface area (Å²) in [5, 5.41) is 0. The second-order valence-electron chi connectivity index (χ2n) is 6.27. The maximum atomic E-state index is 6.11. The highest BCUT2D eigenvalue weighted by Crippen LogP contribution is 2.33. The third-order valence-corrected chi connectivity index (χ3v) is 4.41. The van der Waals surface area contributed by atoms with E-state index < -0.39 is 0 Å². The Labute approximate surface area is 118 Å². The van der Waals surface area contributed by atoms with Crippen molar-refractivity contribution in [2.24, 2.45) is 5.73 Å². The van der Waals surface area contributed by atoms with E-state index in [4.69, 9.17) is 5.73 Å². The van der Waals surface area contributed by atoms with Crippen LogP contribution in [-0.4, -0.2) is 25.0 Å². The Hall–Kier alpha value is -0.860. The third-order valence-electron chi connectivity index (χ3n) is 4.41. The molecule has 1 fully saturated rings. The molecule has 2 heteroatoms. The van der Waals surface area contributed by atoms with Crippen LogP contribution in [0.25, 0.3) is 0 Å². The minimum absolute atomic E-state index is 0.149. The Morgan fingerprint density at radius 2 is 1.63 bits per heavy atom. The molecule has 0 heterocycles. The molecule has 2 N–H and O–H groups in total. The predicted octanol–water partition coefficient (Wildman–Crippen LogP) is 3.68. The van der Waals surface area contributed by atoms with Gasteiger partial charge in [0.15, 0.2) is 0 Å². The number of nitrogens with two attached hydrogens (primary N) is 1. The standard InChI is InChI=1S/C17H28N2/c1-13(18)17(19(2)3)16-11-9-15(10-12-16)14-7-5-4-6-8-14/h9-14,17H,4-8,18H2,1-3H3. The molecule has 19 heavy (non-hydrogen) atoms. The Morgan fingerprint density at radius 3 is 2.11 bits per heavy atom. The summed E-state index contributed by atoms with van der Waals surface area (Å²) in [6, 6.07) is 9.65. The summed E-state index contributed by atoms with van der Waals surface area (Å²) >= 11 is 0. The van der Waals surface area contributed by atoms with Crippen molar-refractivity contribution < 1.29 is 0 Å². The fourth-order valence-corrected chi connectivity index (χ4v) is 3.47. The van der Waals surface area contributed by atoms with Gasteiger partial charge in [-0.15, -0.1) is 0 Å². The van der Waals surface area contributed by atoms with E-state index in [1.165, 1.54) is 43.2 Å². The Bertz CT molecular complexity index is 367. The highest BCUT2D eigenvalue weighted by molar-refractivity contribution is 5.28. The number of benzene rings is 1. The largest absolute Gasteiger partial charge is 0.326 e. The lowest BCUT2D eigenvalue weighted by Crippen LogP contribution is -2.35. The minimum atomic E-state index is 0.149. The average molecular weight is 260 g/mol. The van der Waals surface area contributed by atoms with E-state index in [2.05, 4.69) is 50.2 Å². The summed E-state index contributed by atoms with van der Waals surface area (Å²) in [6.07, 6.45) is 6.94. The zero-order valence-electron chi connectivity index (χ0n) is 12.6. The molecule has 1 aromatic carbocycles. The molecule has 0 radical (unpaired) electrons. The average Bonchev–Trinajstić information content (AvgIpc) is 2.40. The number of rotatable bonds is 4. The van der Waals surface area contributed by atoms with Crippen LogP contribution in [0.2, 0.25) is 0 Å². The summed E-state index contributed by atoms with van der Waals surface area (Å²) in [5.41, 5.74) is 8.96. The van der Waals surface area contributed by atoms with Gasteiger partial charge in [-0.2, -0.15) is 0 Å². The van der Waals surface area contributed by atoms with E-state index in [1.54, 1.807) is 0 Å². The van der Waals surface area contributed by atoms with Crippen LogP contribution < -0.4 is 5.73 Å². The summed E-state index contributed by atoms with van der Waals surface area (Å²) in [7, 11) is 4.20. The van der Waals surface area contributed by atoms with E-state index >= 15 is 0 Å². The van der Waals surface area contributed by atoms with Gasteiger partial charge < -0.3 is 10.6 Å². The number of hydrogen-bond acceptors (Lipinski definition) is 2. The quantitative estimate of drug-likeness (QED) is 0.894. The minimum Gasteiger partial charge on any atom is -0.326 e. The molecule has 1 aliphatic carbocycles. The van der Waals surface area contributed by atoms with Gasteiger partial charge in [-0.1, -0.05) is 43.5 Å². The highest BCUT2D eigenvalue weighted by atomic mass is 15.1. The number of hydrogen-bond donors (Lipinski definition) is 1. The highest BCUT2D eigenvalue weighted by Gasteiger charge is 2.20. The van der Waals surface area contributed by atoms with Crippen LogP contribution in [0.15, 0.2) is 24.3 Å². The monoisotopic (exact) mass is 260 g/mol. The van der Waals surface area contributed by atoms with Gasteiger partial charge in [0.2, 0.25) is 0 Å². The molecule has 0 amide bonds. The molecule has 0 bridgehead atoms. The van der Waals surface area contributed by atoms with Crippen LogP contribution >= 0.6 is 0 Å². The van der Waals surface area contributed by atoms with Crippen molar-refractivity contribution in [1.82, 2.24) is 4.90 Å². The van der Waals surface area contributed by atoms with Gasteiger partial charge in [0.05, 0.1) is 0 Å². The van der Waals surface area contributed by atoms with E-state index in [-0.39, 0.29) is 6.04 Å². The smallest absolute Gasteiger partial charge is 0.0491 e. The van der Waals surface area contributed by atoms with Gasteiger partial charge >= 0.3 is 0 Å². The van der Waals surface area contributed by atoms with E-state index in [1.807, 2.05) is 0 Å². The van der Waals surface area contributed by atoms with Gasteiger partial charge in [0, 0.05) is 12.1 Å². The molecule has 2 rings (SSSR count). The first-order chi connectivity index (χ1) is 9.09. The summed E-state index contributed by atoms with van der Waals surface area (Å²) < 4.78 is 0. The topological polar surface area (TPSA) is 29.3 Å². The number of nitrogens with zero attached hydrogens (tertiary/aromatic N) is 1. The van der Waals surface area contributed by atoms with Gasteiger partial charge in [-0.05, 0) is 50.9 Å². The molecule has 2 atom stereocenters. The van der Waals surface area contributed by atoms with E-state index in [9.17, 15) is 0 Å². The maximum absolute atomic E-state index is 6.11.